The summed E-state index contributed by atoms with van der Waals surface area (Å²) in [6.07, 6.45) is 5.44. The van der Waals surface area contributed by atoms with E-state index in [0.29, 0.717) is 0 Å². The van der Waals surface area contributed by atoms with Gasteiger partial charge in [0.2, 0.25) is 8.07 Å². The summed E-state index contributed by atoms with van der Waals surface area (Å²) in [5, 5.41) is 0. The van der Waals surface area contributed by atoms with Crippen molar-refractivity contribution in [3.8, 4) is 23.4 Å². The minimum absolute atomic E-state index is 1.01. The molecule has 0 saturated carbocycles. The van der Waals surface area contributed by atoms with Crippen LogP contribution in [0.3, 0.4) is 0 Å². The van der Waals surface area contributed by atoms with Gasteiger partial charge < -0.3 is 0 Å². The van der Waals surface area contributed by atoms with Gasteiger partial charge >= 0.3 is 0 Å². The second kappa shape index (κ2) is 4.69. The molecule has 0 heterocycles. The number of terminal acetylenes is 1. The topological polar surface area (TPSA) is 0 Å². The average Bonchev–Trinajstić information content (AvgIpc) is 2.28. The summed E-state index contributed by atoms with van der Waals surface area (Å²) in [4.78, 5) is 0. The SMILES string of the molecule is C#C[Si](C)(C#Cc1ccc(C)cc1)C=C. The third-order valence-electron chi connectivity index (χ3n) is 2.23. The molecule has 0 N–H and O–H groups in total. The van der Waals surface area contributed by atoms with Crippen molar-refractivity contribution in [3.63, 3.8) is 0 Å². The van der Waals surface area contributed by atoms with Gasteiger partial charge in [-0.05, 0) is 25.6 Å². The molecule has 0 saturated heterocycles. The zero-order valence-electron chi connectivity index (χ0n) is 9.17. The first-order valence-corrected chi connectivity index (χ1v) is 7.38. The van der Waals surface area contributed by atoms with Crippen molar-refractivity contribution in [1.82, 2.24) is 0 Å². The van der Waals surface area contributed by atoms with E-state index in [0.717, 1.165) is 5.56 Å². The molecule has 0 radical (unpaired) electrons. The fourth-order valence-corrected chi connectivity index (χ4v) is 1.68. The largest absolute Gasteiger partial charge is 0.235 e. The van der Waals surface area contributed by atoms with E-state index < -0.39 is 8.07 Å². The highest BCUT2D eigenvalue weighted by Gasteiger charge is 2.16. The van der Waals surface area contributed by atoms with Gasteiger partial charge in [0.1, 0.15) is 0 Å². The molecule has 1 atom stereocenters. The molecule has 74 valence electrons. The van der Waals surface area contributed by atoms with Crippen molar-refractivity contribution < 1.29 is 0 Å². The van der Waals surface area contributed by atoms with Crippen LogP contribution in [0, 0.1) is 30.4 Å². The van der Waals surface area contributed by atoms with Crippen LogP contribution in [0.25, 0.3) is 0 Å². The van der Waals surface area contributed by atoms with Crippen LogP contribution >= 0.6 is 0 Å². The Labute approximate surface area is 93.0 Å². The van der Waals surface area contributed by atoms with Crippen LogP contribution in [0.4, 0.5) is 0 Å². The van der Waals surface area contributed by atoms with E-state index in [-0.39, 0.29) is 0 Å². The van der Waals surface area contributed by atoms with Gasteiger partial charge in [-0.3, -0.25) is 0 Å². The highest BCUT2D eigenvalue weighted by molar-refractivity contribution is 6.97. The number of hydrogen-bond acceptors (Lipinski definition) is 0. The third-order valence-corrected chi connectivity index (χ3v) is 4.29. The van der Waals surface area contributed by atoms with E-state index in [1.807, 2.05) is 36.5 Å². The van der Waals surface area contributed by atoms with Crippen molar-refractivity contribution >= 4 is 8.07 Å². The average molecular weight is 210 g/mol. The Morgan fingerprint density at radius 3 is 2.40 bits per heavy atom. The molecule has 1 aromatic carbocycles. The van der Waals surface area contributed by atoms with Gasteiger partial charge in [-0.2, -0.15) is 0 Å². The first kappa shape index (κ1) is 11.4. The maximum absolute atomic E-state index is 5.44. The predicted octanol–water partition coefficient (Wildman–Crippen LogP) is 2.86. The van der Waals surface area contributed by atoms with Crippen LogP contribution in [-0.2, 0) is 0 Å². The summed E-state index contributed by atoms with van der Waals surface area (Å²) in [5.74, 6) is 3.11. The van der Waals surface area contributed by atoms with E-state index in [1.165, 1.54) is 5.56 Å². The van der Waals surface area contributed by atoms with Gasteiger partial charge in [-0.25, -0.2) is 0 Å². The van der Waals surface area contributed by atoms with E-state index in [1.54, 1.807) is 0 Å². The lowest BCUT2D eigenvalue weighted by Crippen LogP contribution is -2.22. The van der Waals surface area contributed by atoms with E-state index in [2.05, 4.69) is 30.5 Å². The highest BCUT2D eigenvalue weighted by Crippen LogP contribution is 2.03. The lowest BCUT2D eigenvalue weighted by molar-refractivity contribution is 1.46. The van der Waals surface area contributed by atoms with Crippen molar-refractivity contribution in [3.05, 3.63) is 47.7 Å². The fourth-order valence-electron chi connectivity index (χ4n) is 0.985. The van der Waals surface area contributed by atoms with Crippen molar-refractivity contribution in [2.45, 2.75) is 13.5 Å². The molecule has 1 rings (SSSR count). The predicted molar refractivity (Wildman–Crippen MR) is 68.7 cm³/mol. The maximum atomic E-state index is 5.44. The minimum Gasteiger partial charge on any atom is -0.126 e. The summed E-state index contributed by atoms with van der Waals surface area (Å²) in [6, 6.07) is 8.12. The van der Waals surface area contributed by atoms with Crippen LogP contribution < -0.4 is 0 Å². The van der Waals surface area contributed by atoms with Gasteiger partial charge in [0.15, 0.2) is 0 Å². The first-order valence-electron chi connectivity index (χ1n) is 4.81. The summed E-state index contributed by atoms with van der Waals surface area (Å²) in [7, 11) is -1.96. The number of hydrogen-bond donors (Lipinski definition) is 0. The molecule has 0 fully saturated rings. The Bertz CT molecular complexity index is 451. The van der Waals surface area contributed by atoms with Crippen LogP contribution in [0.15, 0.2) is 36.5 Å². The smallest absolute Gasteiger partial charge is 0.126 e. The lowest BCUT2D eigenvalue weighted by atomic mass is 10.2. The monoisotopic (exact) mass is 210 g/mol. The van der Waals surface area contributed by atoms with Crippen LogP contribution in [0.1, 0.15) is 11.1 Å². The molecular weight excluding hydrogens is 196 g/mol. The Hall–Kier alpha value is -1.70. The Morgan fingerprint density at radius 2 is 1.93 bits per heavy atom. The molecule has 1 unspecified atom stereocenters. The fraction of sp³-hybridized carbons (Fsp3) is 0.143. The third kappa shape index (κ3) is 3.16. The van der Waals surface area contributed by atoms with Gasteiger partial charge in [-0.1, -0.05) is 29.3 Å². The molecule has 1 aromatic rings. The van der Waals surface area contributed by atoms with Gasteiger partial charge in [0.25, 0.3) is 0 Å². The number of benzene rings is 1. The molecular formula is C14H14Si. The van der Waals surface area contributed by atoms with Crippen molar-refractivity contribution in [1.29, 1.82) is 0 Å². The first-order chi connectivity index (χ1) is 7.09. The molecule has 0 nitrogen and oxygen atoms in total. The van der Waals surface area contributed by atoms with Gasteiger partial charge in [0, 0.05) is 5.56 Å². The number of aryl methyl sites for hydroxylation is 1. The quantitative estimate of drug-likeness (QED) is 0.494. The normalized spacial score (nSPS) is 12.9. The molecule has 0 aromatic heterocycles. The molecule has 0 bridgehead atoms. The van der Waals surface area contributed by atoms with E-state index in [4.69, 9.17) is 6.42 Å². The van der Waals surface area contributed by atoms with Crippen LogP contribution in [-0.4, -0.2) is 8.07 Å². The van der Waals surface area contributed by atoms with Gasteiger partial charge in [-0.15, -0.1) is 24.1 Å². The summed E-state index contributed by atoms with van der Waals surface area (Å²) < 4.78 is 0. The molecule has 0 aliphatic rings. The van der Waals surface area contributed by atoms with Crippen LogP contribution in [0.2, 0.25) is 6.55 Å². The lowest BCUT2D eigenvalue weighted by Gasteiger charge is -2.04. The van der Waals surface area contributed by atoms with Gasteiger partial charge in [0.05, 0.1) is 0 Å². The molecule has 0 amide bonds. The zero-order valence-corrected chi connectivity index (χ0v) is 10.2. The second-order valence-electron chi connectivity index (χ2n) is 3.67. The summed E-state index contributed by atoms with van der Waals surface area (Å²) in [6.45, 7) is 7.82. The Morgan fingerprint density at radius 1 is 1.33 bits per heavy atom. The second-order valence-corrected chi connectivity index (χ2v) is 7.02. The Kier molecular flexibility index (Phi) is 3.55. The highest BCUT2D eigenvalue weighted by atomic mass is 28.3. The molecule has 15 heavy (non-hydrogen) atoms. The zero-order chi connectivity index (χ0) is 11.3. The molecule has 0 aliphatic heterocycles. The summed E-state index contributed by atoms with van der Waals surface area (Å²) >= 11 is 0. The molecule has 0 spiro atoms. The van der Waals surface area contributed by atoms with Crippen LogP contribution in [0.5, 0.6) is 0 Å². The Balaban J connectivity index is 2.96. The van der Waals surface area contributed by atoms with E-state index in [9.17, 15) is 0 Å². The molecule has 1 heteroatoms. The van der Waals surface area contributed by atoms with Crippen molar-refractivity contribution in [2.75, 3.05) is 0 Å². The van der Waals surface area contributed by atoms with E-state index >= 15 is 0 Å². The summed E-state index contributed by atoms with van der Waals surface area (Å²) in [5.41, 5.74) is 10.00. The molecule has 0 aliphatic carbocycles. The maximum Gasteiger partial charge on any atom is 0.235 e. The minimum atomic E-state index is -1.96. The van der Waals surface area contributed by atoms with Crippen molar-refractivity contribution in [2.24, 2.45) is 0 Å². The standard InChI is InChI=1S/C14H14Si/c1-5-15(4,6-2)12-11-14-9-7-13(3)8-10-14/h1,6-10H,2H2,3-4H3. The number of rotatable bonds is 1.